The van der Waals surface area contributed by atoms with Gasteiger partial charge in [0.15, 0.2) is 0 Å². The minimum absolute atomic E-state index is 0.680. The molecule has 1 nitrogen and oxygen atoms in total. The average molecular weight is 251 g/mol. The van der Waals surface area contributed by atoms with E-state index in [1.54, 1.807) is 0 Å². The second-order valence-electron chi connectivity index (χ2n) is 5.26. The zero-order valence-corrected chi connectivity index (χ0v) is 11.5. The molecule has 0 aliphatic heterocycles. The lowest BCUT2D eigenvalue weighted by molar-refractivity contribution is 0.376. The summed E-state index contributed by atoms with van der Waals surface area (Å²) >= 11 is 0. The van der Waals surface area contributed by atoms with Gasteiger partial charge in [0, 0.05) is 0 Å². The first-order valence-electron chi connectivity index (χ1n) is 7.13. The molecule has 1 aliphatic rings. The van der Waals surface area contributed by atoms with Crippen LogP contribution in [0.4, 0.5) is 0 Å². The molecule has 0 saturated heterocycles. The highest BCUT2D eigenvalue weighted by Crippen LogP contribution is 2.36. The fourth-order valence-electron chi connectivity index (χ4n) is 2.81. The Morgan fingerprint density at radius 1 is 1.05 bits per heavy atom. The molecule has 1 aromatic rings. The van der Waals surface area contributed by atoms with Gasteiger partial charge in [0.1, 0.15) is 0 Å². The van der Waals surface area contributed by atoms with Crippen molar-refractivity contribution in [3.05, 3.63) is 59.7 Å². The number of allylic oxidation sites excluding steroid dienone is 4. The van der Waals surface area contributed by atoms with Gasteiger partial charge in [-0.05, 0) is 62.1 Å². The Morgan fingerprint density at radius 3 is 2.32 bits per heavy atom. The number of hydrogen-bond donors (Lipinski definition) is 0. The highest BCUT2D eigenvalue weighted by Gasteiger charge is 2.20. The molecule has 0 spiro atoms. The van der Waals surface area contributed by atoms with E-state index in [4.69, 9.17) is 5.26 Å². The third-order valence-electron chi connectivity index (χ3n) is 3.97. The van der Waals surface area contributed by atoms with Gasteiger partial charge in [-0.2, -0.15) is 5.26 Å². The molecule has 1 aliphatic carbocycles. The van der Waals surface area contributed by atoms with E-state index < -0.39 is 0 Å². The Labute approximate surface area is 116 Å². The van der Waals surface area contributed by atoms with Crippen molar-refractivity contribution in [2.45, 2.75) is 38.5 Å². The van der Waals surface area contributed by atoms with Gasteiger partial charge >= 0.3 is 0 Å². The van der Waals surface area contributed by atoms with Crippen LogP contribution in [0.1, 0.15) is 49.7 Å². The van der Waals surface area contributed by atoms with E-state index in [-0.39, 0.29) is 0 Å². The summed E-state index contributed by atoms with van der Waals surface area (Å²) < 4.78 is 0. The van der Waals surface area contributed by atoms with Crippen LogP contribution in [0.5, 0.6) is 0 Å². The fourth-order valence-corrected chi connectivity index (χ4v) is 2.81. The lowest BCUT2D eigenvalue weighted by Crippen LogP contribution is -2.11. The van der Waals surface area contributed by atoms with Gasteiger partial charge in [0.2, 0.25) is 0 Å². The Bertz CT molecular complexity index is 479. The van der Waals surface area contributed by atoms with Crippen LogP contribution < -0.4 is 0 Å². The molecule has 0 aromatic heterocycles. The van der Waals surface area contributed by atoms with E-state index in [0.717, 1.165) is 11.5 Å². The van der Waals surface area contributed by atoms with Gasteiger partial charge in [-0.25, -0.2) is 0 Å². The van der Waals surface area contributed by atoms with Gasteiger partial charge in [-0.15, -0.1) is 0 Å². The van der Waals surface area contributed by atoms with Gasteiger partial charge in [-0.3, -0.25) is 0 Å². The van der Waals surface area contributed by atoms with Gasteiger partial charge in [-0.1, -0.05) is 36.4 Å². The van der Waals surface area contributed by atoms with Crippen LogP contribution in [0.15, 0.2) is 48.6 Å². The number of benzene rings is 1. The number of nitrogens with zero attached hydrogens (tertiary/aromatic N) is 1. The van der Waals surface area contributed by atoms with E-state index in [1.165, 1.54) is 31.2 Å². The number of nitriles is 1. The predicted octanol–water partition coefficient (Wildman–Crippen LogP) is 4.96. The molecule has 1 heteroatoms. The molecule has 0 atom stereocenters. The molecule has 0 unspecified atom stereocenters. The number of hydrogen-bond acceptors (Lipinski definition) is 1. The van der Waals surface area contributed by atoms with Crippen LogP contribution >= 0.6 is 0 Å². The lowest BCUT2D eigenvalue weighted by atomic mass is 9.78. The summed E-state index contributed by atoms with van der Waals surface area (Å²) in [7, 11) is 0. The van der Waals surface area contributed by atoms with Crippen molar-refractivity contribution in [3.63, 3.8) is 0 Å². The van der Waals surface area contributed by atoms with Crippen LogP contribution in [0.2, 0.25) is 0 Å². The molecule has 0 amide bonds. The number of rotatable bonds is 3. The van der Waals surface area contributed by atoms with Crippen LogP contribution in [-0.4, -0.2) is 0 Å². The summed E-state index contributed by atoms with van der Waals surface area (Å²) in [6, 6.07) is 10.3. The second kappa shape index (κ2) is 6.95. The van der Waals surface area contributed by atoms with E-state index in [0.29, 0.717) is 5.92 Å². The first kappa shape index (κ1) is 13.6. The third kappa shape index (κ3) is 3.83. The molecule has 1 aromatic carbocycles. The minimum Gasteiger partial charge on any atom is -0.192 e. The van der Waals surface area contributed by atoms with E-state index in [9.17, 15) is 0 Å². The van der Waals surface area contributed by atoms with E-state index >= 15 is 0 Å². The first-order valence-corrected chi connectivity index (χ1v) is 7.13. The fraction of sp³-hybridized carbons (Fsp3) is 0.389. The van der Waals surface area contributed by atoms with Crippen molar-refractivity contribution in [3.8, 4) is 6.07 Å². The third-order valence-corrected chi connectivity index (χ3v) is 3.97. The quantitative estimate of drug-likeness (QED) is 0.696. The Hall–Kier alpha value is -1.81. The summed E-state index contributed by atoms with van der Waals surface area (Å²) in [4.78, 5) is 0. The summed E-state index contributed by atoms with van der Waals surface area (Å²) in [5.74, 6) is 1.42. The summed E-state index contributed by atoms with van der Waals surface area (Å²) in [6.45, 7) is 2.05. The average Bonchev–Trinajstić information content (AvgIpc) is 2.48. The largest absolute Gasteiger partial charge is 0.192 e. The van der Waals surface area contributed by atoms with Gasteiger partial charge < -0.3 is 0 Å². The van der Waals surface area contributed by atoms with E-state index in [1.807, 2.05) is 19.1 Å². The topological polar surface area (TPSA) is 23.8 Å². The minimum atomic E-state index is 0.680. The molecule has 1 fully saturated rings. The zero-order valence-electron chi connectivity index (χ0n) is 11.5. The van der Waals surface area contributed by atoms with Crippen LogP contribution in [0.25, 0.3) is 0 Å². The molecule has 0 heterocycles. The second-order valence-corrected chi connectivity index (χ2v) is 5.26. The normalized spacial score (nSPS) is 23.8. The van der Waals surface area contributed by atoms with Crippen molar-refractivity contribution >= 4 is 0 Å². The molecule has 0 radical (unpaired) electrons. The smallest absolute Gasteiger partial charge is 0.0991 e. The molecule has 98 valence electrons. The molecular weight excluding hydrogens is 230 g/mol. The highest BCUT2D eigenvalue weighted by molar-refractivity contribution is 5.33. The van der Waals surface area contributed by atoms with Crippen molar-refractivity contribution in [2.75, 3.05) is 0 Å². The molecule has 2 rings (SSSR count). The Balaban J connectivity index is 1.90. The predicted molar refractivity (Wildman–Crippen MR) is 79.8 cm³/mol. The van der Waals surface area contributed by atoms with Crippen LogP contribution in [0.3, 0.4) is 0 Å². The molecule has 0 bridgehead atoms. The SMILES string of the molecule is CC=CC=CC1CCC(c2ccc(C#N)cc2)CC1. The summed E-state index contributed by atoms with van der Waals surface area (Å²) in [5.41, 5.74) is 2.15. The molecular formula is C18H21N. The summed E-state index contributed by atoms with van der Waals surface area (Å²) in [5, 5.41) is 8.81. The molecule has 19 heavy (non-hydrogen) atoms. The maximum absolute atomic E-state index is 8.81. The van der Waals surface area contributed by atoms with Gasteiger partial charge in [0.05, 0.1) is 11.6 Å². The first-order chi connectivity index (χ1) is 9.33. The standard InChI is InChI=1S/C18H21N/c1-2-3-4-5-15-6-10-17(11-7-15)18-12-8-16(14-19)9-13-18/h2-5,8-9,12-13,15,17H,6-7,10-11H2,1H3. The van der Waals surface area contributed by atoms with Crippen molar-refractivity contribution in [1.82, 2.24) is 0 Å². The lowest BCUT2D eigenvalue weighted by Gasteiger charge is -2.27. The van der Waals surface area contributed by atoms with Crippen molar-refractivity contribution in [1.29, 1.82) is 5.26 Å². The van der Waals surface area contributed by atoms with Crippen LogP contribution in [0, 0.1) is 17.2 Å². The summed E-state index contributed by atoms with van der Waals surface area (Å²) in [6.07, 6.45) is 13.8. The van der Waals surface area contributed by atoms with Crippen LogP contribution in [-0.2, 0) is 0 Å². The van der Waals surface area contributed by atoms with Crippen molar-refractivity contribution in [2.24, 2.45) is 5.92 Å². The monoisotopic (exact) mass is 251 g/mol. The maximum atomic E-state index is 8.81. The highest BCUT2D eigenvalue weighted by atomic mass is 14.3. The maximum Gasteiger partial charge on any atom is 0.0991 e. The Morgan fingerprint density at radius 2 is 1.74 bits per heavy atom. The van der Waals surface area contributed by atoms with E-state index in [2.05, 4.69) is 42.5 Å². The Kier molecular flexibility index (Phi) is 4.98. The zero-order chi connectivity index (χ0) is 13.5. The molecule has 0 N–H and O–H groups in total. The van der Waals surface area contributed by atoms with Gasteiger partial charge in [0.25, 0.3) is 0 Å². The van der Waals surface area contributed by atoms with Crippen molar-refractivity contribution < 1.29 is 0 Å². The molecule has 1 saturated carbocycles.